The van der Waals surface area contributed by atoms with E-state index in [1.54, 1.807) is 18.2 Å². The molecule has 0 amide bonds. The number of nitrogens with one attached hydrogen (secondary N) is 2. The topological polar surface area (TPSA) is 62.0 Å². The van der Waals surface area contributed by atoms with Crippen molar-refractivity contribution in [2.75, 3.05) is 0 Å². The van der Waals surface area contributed by atoms with Crippen molar-refractivity contribution in [3.8, 4) is 0 Å². The molecule has 1 unspecified atom stereocenters. The van der Waals surface area contributed by atoms with Crippen molar-refractivity contribution in [2.24, 2.45) is 0 Å². The Kier molecular flexibility index (Phi) is 4.06. The van der Waals surface area contributed by atoms with Crippen LogP contribution in [0, 0.1) is 5.82 Å². The molecule has 0 bridgehead atoms. The number of hydrogen-bond acceptors (Lipinski definition) is 2. The van der Waals surface area contributed by atoms with Crippen LogP contribution < -0.4 is 4.72 Å². The summed E-state index contributed by atoms with van der Waals surface area (Å²) in [7, 11) is -3.69. The van der Waals surface area contributed by atoms with E-state index in [4.69, 9.17) is 11.6 Å². The molecule has 25 heavy (non-hydrogen) atoms. The van der Waals surface area contributed by atoms with Gasteiger partial charge in [0.1, 0.15) is 5.82 Å². The fraction of sp³-hybridized carbons (Fsp3) is 0.222. The van der Waals surface area contributed by atoms with Crippen molar-refractivity contribution < 1.29 is 12.8 Å². The minimum Gasteiger partial charge on any atom is -0.358 e. The Balaban J connectivity index is 1.75. The van der Waals surface area contributed by atoms with Gasteiger partial charge in [-0.15, -0.1) is 0 Å². The van der Waals surface area contributed by atoms with Gasteiger partial charge in [-0.25, -0.2) is 17.5 Å². The molecule has 1 heterocycles. The van der Waals surface area contributed by atoms with Gasteiger partial charge in [0.2, 0.25) is 10.0 Å². The number of hydrogen-bond donors (Lipinski definition) is 2. The highest BCUT2D eigenvalue weighted by atomic mass is 35.5. The first-order chi connectivity index (χ1) is 11.9. The van der Waals surface area contributed by atoms with Crippen LogP contribution in [-0.4, -0.2) is 13.4 Å². The minimum atomic E-state index is -3.69. The van der Waals surface area contributed by atoms with Gasteiger partial charge >= 0.3 is 0 Å². The predicted octanol–water partition coefficient (Wildman–Crippen LogP) is 4.32. The van der Waals surface area contributed by atoms with Crippen LogP contribution in [0.25, 0.3) is 10.9 Å². The Morgan fingerprint density at radius 2 is 1.92 bits per heavy atom. The maximum absolute atomic E-state index is 13.7. The van der Waals surface area contributed by atoms with Gasteiger partial charge in [-0.1, -0.05) is 11.6 Å². The first kappa shape index (κ1) is 16.6. The maximum atomic E-state index is 13.7. The van der Waals surface area contributed by atoms with Gasteiger partial charge in [0, 0.05) is 27.7 Å². The van der Waals surface area contributed by atoms with Crippen molar-refractivity contribution in [2.45, 2.75) is 30.2 Å². The summed E-state index contributed by atoms with van der Waals surface area (Å²) >= 11 is 5.83. The first-order valence-electron chi connectivity index (χ1n) is 8.02. The summed E-state index contributed by atoms with van der Waals surface area (Å²) in [6.45, 7) is 0. The number of rotatable bonds is 3. The van der Waals surface area contributed by atoms with Crippen molar-refractivity contribution in [3.63, 3.8) is 0 Å². The van der Waals surface area contributed by atoms with Crippen molar-refractivity contribution in [1.82, 2.24) is 9.71 Å². The molecule has 1 aliphatic rings. The largest absolute Gasteiger partial charge is 0.358 e. The Labute approximate surface area is 150 Å². The van der Waals surface area contributed by atoms with E-state index in [-0.39, 0.29) is 16.8 Å². The number of halogens is 2. The Hall–Kier alpha value is -1.89. The standard InChI is InChI=1S/C18H16ClFN2O2S/c19-11-4-7-13(8-5-11)25(23,24)22-17-3-1-2-16-18(17)14-10-12(20)6-9-15(14)21-16/h4-10,17,21-22H,1-3H2. The number of aryl methyl sites for hydroxylation is 1. The summed E-state index contributed by atoms with van der Waals surface area (Å²) in [5, 5.41) is 1.21. The fourth-order valence-electron chi connectivity index (χ4n) is 3.45. The average molecular weight is 379 g/mol. The zero-order valence-electron chi connectivity index (χ0n) is 13.2. The number of H-pyrrole nitrogens is 1. The van der Waals surface area contributed by atoms with Crippen LogP contribution in [0.15, 0.2) is 47.4 Å². The molecule has 1 aliphatic carbocycles. The van der Waals surface area contributed by atoms with Gasteiger partial charge in [0.25, 0.3) is 0 Å². The lowest BCUT2D eigenvalue weighted by Crippen LogP contribution is -2.30. The van der Waals surface area contributed by atoms with Crippen LogP contribution in [-0.2, 0) is 16.4 Å². The number of sulfonamides is 1. The van der Waals surface area contributed by atoms with Gasteiger partial charge in [-0.05, 0) is 67.3 Å². The van der Waals surface area contributed by atoms with Gasteiger partial charge in [0.15, 0.2) is 0 Å². The van der Waals surface area contributed by atoms with Crippen LogP contribution >= 0.6 is 11.6 Å². The Morgan fingerprint density at radius 3 is 2.68 bits per heavy atom. The van der Waals surface area contributed by atoms with Crippen LogP contribution in [0.3, 0.4) is 0 Å². The van der Waals surface area contributed by atoms with Crippen molar-refractivity contribution in [1.29, 1.82) is 0 Å². The minimum absolute atomic E-state index is 0.162. The van der Waals surface area contributed by atoms with Gasteiger partial charge in [-0.3, -0.25) is 0 Å². The second-order valence-electron chi connectivity index (χ2n) is 6.23. The monoisotopic (exact) mass is 378 g/mol. The summed E-state index contributed by atoms with van der Waals surface area (Å²) in [5.41, 5.74) is 2.64. The van der Waals surface area contributed by atoms with Crippen LogP contribution in [0.2, 0.25) is 5.02 Å². The molecule has 2 aromatic carbocycles. The number of aromatic amines is 1. The third-order valence-electron chi connectivity index (χ3n) is 4.57. The van der Waals surface area contributed by atoms with E-state index in [2.05, 4.69) is 9.71 Å². The van der Waals surface area contributed by atoms with Crippen molar-refractivity contribution in [3.05, 3.63) is 64.6 Å². The third kappa shape index (κ3) is 3.05. The first-order valence-corrected chi connectivity index (χ1v) is 9.88. The van der Waals surface area contributed by atoms with E-state index < -0.39 is 10.0 Å². The summed E-state index contributed by atoms with van der Waals surface area (Å²) in [6.07, 6.45) is 2.35. The van der Waals surface area contributed by atoms with Gasteiger partial charge in [0.05, 0.1) is 4.90 Å². The molecule has 1 atom stereocenters. The van der Waals surface area contributed by atoms with E-state index in [0.29, 0.717) is 11.4 Å². The van der Waals surface area contributed by atoms with Crippen LogP contribution in [0.4, 0.5) is 4.39 Å². The zero-order valence-corrected chi connectivity index (χ0v) is 14.8. The lowest BCUT2D eigenvalue weighted by Gasteiger charge is -2.24. The highest BCUT2D eigenvalue weighted by Crippen LogP contribution is 2.36. The number of aromatic nitrogens is 1. The molecule has 130 valence electrons. The maximum Gasteiger partial charge on any atom is 0.241 e. The molecular weight excluding hydrogens is 363 g/mol. The Morgan fingerprint density at radius 1 is 1.16 bits per heavy atom. The second-order valence-corrected chi connectivity index (χ2v) is 8.38. The molecule has 0 aliphatic heterocycles. The van der Waals surface area contributed by atoms with Crippen molar-refractivity contribution >= 4 is 32.5 Å². The van der Waals surface area contributed by atoms with E-state index in [9.17, 15) is 12.8 Å². The smallest absolute Gasteiger partial charge is 0.241 e. The van der Waals surface area contributed by atoms with Crippen LogP contribution in [0.1, 0.15) is 30.1 Å². The molecule has 4 rings (SSSR count). The molecule has 3 aromatic rings. The lowest BCUT2D eigenvalue weighted by molar-refractivity contribution is 0.507. The summed E-state index contributed by atoms with van der Waals surface area (Å²) in [4.78, 5) is 3.45. The molecule has 0 saturated carbocycles. The molecule has 2 N–H and O–H groups in total. The average Bonchev–Trinajstić information content (AvgIpc) is 2.94. The molecule has 0 spiro atoms. The highest BCUT2D eigenvalue weighted by Gasteiger charge is 2.29. The van der Waals surface area contributed by atoms with E-state index in [0.717, 1.165) is 35.0 Å². The summed E-state index contributed by atoms with van der Waals surface area (Å²) in [5.74, 6) is -0.334. The third-order valence-corrected chi connectivity index (χ3v) is 6.31. The normalized spacial score (nSPS) is 17.6. The fourth-order valence-corrected chi connectivity index (χ4v) is 4.82. The predicted molar refractivity (Wildman–Crippen MR) is 95.7 cm³/mol. The second kappa shape index (κ2) is 6.12. The van der Waals surface area contributed by atoms with E-state index in [1.807, 2.05) is 0 Å². The highest BCUT2D eigenvalue weighted by molar-refractivity contribution is 7.89. The molecule has 1 aromatic heterocycles. The Bertz CT molecular complexity index is 1040. The van der Waals surface area contributed by atoms with E-state index in [1.165, 1.54) is 24.3 Å². The zero-order chi connectivity index (χ0) is 17.6. The molecule has 0 radical (unpaired) electrons. The summed E-state index contributed by atoms with van der Waals surface area (Å²) in [6, 6.07) is 10.2. The molecule has 7 heteroatoms. The quantitative estimate of drug-likeness (QED) is 0.713. The van der Waals surface area contributed by atoms with E-state index >= 15 is 0 Å². The molecule has 0 saturated heterocycles. The lowest BCUT2D eigenvalue weighted by atomic mass is 9.91. The van der Waals surface area contributed by atoms with Gasteiger partial charge < -0.3 is 4.98 Å². The molecule has 0 fully saturated rings. The number of fused-ring (bicyclic) bond motifs is 3. The summed E-state index contributed by atoms with van der Waals surface area (Å²) < 4.78 is 41.9. The molecular formula is C18H16ClFN2O2S. The molecule has 4 nitrogen and oxygen atoms in total. The SMILES string of the molecule is O=S(=O)(NC1CCCc2[nH]c3ccc(F)cc3c21)c1ccc(Cl)cc1. The van der Waals surface area contributed by atoms with Crippen LogP contribution in [0.5, 0.6) is 0 Å². The van der Waals surface area contributed by atoms with Gasteiger partial charge in [-0.2, -0.15) is 0 Å². The number of benzene rings is 2.